The van der Waals surface area contributed by atoms with Gasteiger partial charge >= 0.3 is 0 Å². The maximum Gasteiger partial charge on any atom is 0.240 e. The largest absolute Gasteiger partial charge is 0.392 e. The van der Waals surface area contributed by atoms with Gasteiger partial charge in [0.05, 0.1) is 12.1 Å². The summed E-state index contributed by atoms with van der Waals surface area (Å²) in [4.78, 5) is 16.6. The van der Waals surface area contributed by atoms with Crippen molar-refractivity contribution in [2.75, 3.05) is 31.6 Å². The molecule has 5 heteroatoms. The molecule has 0 aliphatic carbocycles. The van der Waals surface area contributed by atoms with Crippen LogP contribution in [0.15, 0.2) is 24.3 Å². The Labute approximate surface area is 119 Å². The molecule has 2 atom stereocenters. The molecular formula is C15H21N3O2. The molecule has 1 saturated heterocycles. The van der Waals surface area contributed by atoms with Gasteiger partial charge < -0.3 is 20.2 Å². The summed E-state index contributed by atoms with van der Waals surface area (Å²) in [5.74, 6) is 0.103. The molecule has 2 aliphatic heterocycles. The van der Waals surface area contributed by atoms with E-state index in [1.807, 2.05) is 17.0 Å². The predicted octanol–water partition coefficient (Wildman–Crippen LogP) is 0.188. The van der Waals surface area contributed by atoms with Crippen LogP contribution in [0, 0.1) is 0 Å². The smallest absolute Gasteiger partial charge is 0.240 e. The Kier molecular flexibility index (Phi) is 3.63. The van der Waals surface area contributed by atoms with E-state index in [-0.39, 0.29) is 11.9 Å². The topological polar surface area (TPSA) is 55.8 Å². The zero-order valence-corrected chi connectivity index (χ0v) is 11.7. The average Bonchev–Trinajstić information content (AvgIpc) is 2.81. The van der Waals surface area contributed by atoms with Gasteiger partial charge in [-0.05, 0) is 18.1 Å². The summed E-state index contributed by atoms with van der Waals surface area (Å²) in [6.07, 6.45) is 0.123. The Morgan fingerprint density at radius 2 is 2.15 bits per heavy atom. The first kappa shape index (κ1) is 13.4. The van der Waals surface area contributed by atoms with Gasteiger partial charge in [-0.25, -0.2) is 0 Å². The number of hydrogen-bond acceptors (Lipinski definition) is 4. The first-order valence-corrected chi connectivity index (χ1v) is 7.14. The number of benzene rings is 1. The van der Waals surface area contributed by atoms with Gasteiger partial charge in [-0.3, -0.25) is 4.79 Å². The van der Waals surface area contributed by atoms with E-state index >= 15 is 0 Å². The van der Waals surface area contributed by atoms with E-state index in [1.54, 1.807) is 0 Å². The Bertz CT molecular complexity index is 506. The molecule has 2 heterocycles. The molecule has 108 valence electrons. The van der Waals surface area contributed by atoms with Gasteiger partial charge in [-0.2, -0.15) is 0 Å². The number of amides is 1. The van der Waals surface area contributed by atoms with E-state index in [2.05, 4.69) is 29.4 Å². The summed E-state index contributed by atoms with van der Waals surface area (Å²) in [6, 6.07) is 7.98. The first-order chi connectivity index (χ1) is 9.65. The van der Waals surface area contributed by atoms with Gasteiger partial charge in [-0.1, -0.05) is 18.2 Å². The van der Waals surface area contributed by atoms with Crippen molar-refractivity contribution in [2.24, 2.45) is 0 Å². The van der Waals surface area contributed by atoms with Crippen LogP contribution in [-0.4, -0.2) is 54.7 Å². The summed E-state index contributed by atoms with van der Waals surface area (Å²) in [5.41, 5.74) is 2.38. The van der Waals surface area contributed by atoms with Crippen LogP contribution in [0.25, 0.3) is 0 Å². The van der Waals surface area contributed by atoms with E-state index in [0.29, 0.717) is 19.5 Å². The van der Waals surface area contributed by atoms with Crippen LogP contribution in [0.5, 0.6) is 0 Å². The molecular weight excluding hydrogens is 254 g/mol. The van der Waals surface area contributed by atoms with Crippen LogP contribution in [0.3, 0.4) is 0 Å². The summed E-state index contributed by atoms with van der Waals surface area (Å²) >= 11 is 0. The van der Waals surface area contributed by atoms with Crippen LogP contribution in [0.1, 0.15) is 12.0 Å². The molecule has 1 amide bonds. The molecule has 0 saturated carbocycles. The van der Waals surface area contributed by atoms with Gasteiger partial charge in [0.15, 0.2) is 0 Å². The molecule has 1 aromatic rings. The molecule has 2 N–H and O–H groups in total. The molecule has 5 nitrogen and oxygen atoms in total. The lowest BCUT2D eigenvalue weighted by Gasteiger charge is -2.24. The van der Waals surface area contributed by atoms with Crippen LogP contribution < -0.4 is 10.2 Å². The number of nitrogens with zero attached hydrogens (tertiary/aromatic N) is 2. The van der Waals surface area contributed by atoms with E-state index in [1.165, 1.54) is 11.3 Å². The monoisotopic (exact) mass is 275 g/mol. The Hall–Kier alpha value is -1.59. The molecule has 0 bridgehead atoms. The van der Waals surface area contributed by atoms with Crippen molar-refractivity contribution in [3.8, 4) is 0 Å². The lowest BCUT2D eigenvalue weighted by atomic mass is 10.1. The summed E-state index contributed by atoms with van der Waals surface area (Å²) < 4.78 is 0. The van der Waals surface area contributed by atoms with Crippen LogP contribution >= 0.6 is 0 Å². The molecule has 2 unspecified atom stereocenters. The summed E-state index contributed by atoms with van der Waals surface area (Å²) in [6.45, 7) is 2.71. The number of hydrogen-bond donors (Lipinski definition) is 2. The zero-order chi connectivity index (χ0) is 14.1. The predicted molar refractivity (Wildman–Crippen MR) is 77.5 cm³/mol. The van der Waals surface area contributed by atoms with Gasteiger partial charge in [0.25, 0.3) is 0 Å². The second-order valence-electron chi connectivity index (χ2n) is 5.66. The number of anilines is 1. The van der Waals surface area contributed by atoms with Crippen molar-refractivity contribution >= 4 is 11.6 Å². The van der Waals surface area contributed by atoms with Gasteiger partial charge in [-0.15, -0.1) is 0 Å². The lowest BCUT2D eigenvalue weighted by Crippen LogP contribution is -2.44. The van der Waals surface area contributed by atoms with Crippen LogP contribution in [0.4, 0.5) is 5.69 Å². The molecule has 0 radical (unpaired) electrons. The van der Waals surface area contributed by atoms with Gasteiger partial charge in [0.2, 0.25) is 5.91 Å². The number of aliphatic hydroxyl groups is 1. The fourth-order valence-corrected chi connectivity index (χ4v) is 3.01. The third-order valence-electron chi connectivity index (χ3n) is 4.19. The standard InChI is InChI=1S/C15H21N3O2/c1-17-6-7-18(10-11-4-2-3-5-14(11)17)15(20)13-8-12(19)9-16-13/h2-5,12-13,16,19H,6-10H2,1H3. The van der Waals surface area contributed by atoms with Crippen molar-refractivity contribution in [3.05, 3.63) is 29.8 Å². The van der Waals surface area contributed by atoms with E-state index in [9.17, 15) is 9.90 Å². The third kappa shape index (κ3) is 2.51. The molecule has 1 aromatic carbocycles. The van der Waals surface area contributed by atoms with Crippen molar-refractivity contribution in [2.45, 2.75) is 25.1 Å². The number of likely N-dealkylation sites (N-methyl/N-ethyl adjacent to an activating group) is 1. The van der Waals surface area contributed by atoms with Crippen molar-refractivity contribution in [1.82, 2.24) is 10.2 Å². The molecule has 1 fully saturated rings. The third-order valence-corrected chi connectivity index (χ3v) is 4.19. The quantitative estimate of drug-likeness (QED) is 0.768. The number of rotatable bonds is 1. The zero-order valence-electron chi connectivity index (χ0n) is 11.7. The summed E-state index contributed by atoms with van der Waals surface area (Å²) in [5, 5.41) is 12.7. The van der Waals surface area contributed by atoms with Crippen molar-refractivity contribution in [1.29, 1.82) is 0 Å². The van der Waals surface area contributed by atoms with E-state index in [0.717, 1.165) is 13.1 Å². The van der Waals surface area contributed by atoms with Crippen LogP contribution in [0.2, 0.25) is 0 Å². The number of β-amino-alcohol motifs (C(OH)–C–C–N with tert-alkyl or cyclic N) is 1. The molecule has 0 aromatic heterocycles. The fourth-order valence-electron chi connectivity index (χ4n) is 3.01. The molecule has 20 heavy (non-hydrogen) atoms. The Morgan fingerprint density at radius 3 is 2.90 bits per heavy atom. The SMILES string of the molecule is CN1CCN(C(=O)C2CC(O)CN2)Cc2ccccc21. The number of para-hydroxylation sites is 1. The minimum absolute atomic E-state index is 0.103. The fraction of sp³-hybridized carbons (Fsp3) is 0.533. The Balaban J connectivity index is 1.77. The number of fused-ring (bicyclic) bond motifs is 1. The second-order valence-corrected chi connectivity index (χ2v) is 5.66. The highest BCUT2D eigenvalue weighted by molar-refractivity contribution is 5.82. The maximum atomic E-state index is 12.5. The van der Waals surface area contributed by atoms with Crippen LogP contribution in [-0.2, 0) is 11.3 Å². The normalized spacial score (nSPS) is 26.3. The molecule has 2 aliphatic rings. The first-order valence-electron chi connectivity index (χ1n) is 7.14. The van der Waals surface area contributed by atoms with Crippen molar-refractivity contribution in [3.63, 3.8) is 0 Å². The minimum atomic E-state index is -0.397. The van der Waals surface area contributed by atoms with Gasteiger partial charge in [0, 0.05) is 38.9 Å². The number of carbonyl (C=O) groups is 1. The maximum absolute atomic E-state index is 12.5. The number of aliphatic hydroxyl groups excluding tert-OH is 1. The van der Waals surface area contributed by atoms with Crippen molar-refractivity contribution < 1.29 is 9.90 Å². The van der Waals surface area contributed by atoms with Gasteiger partial charge in [0.1, 0.15) is 0 Å². The highest BCUT2D eigenvalue weighted by atomic mass is 16.3. The highest BCUT2D eigenvalue weighted by Crippen LogP contribution is 2.24. The minimum Gasteiger partial charge on any atom is -0.392 e. The molecule has 3 rings (SSSR count). The highest BCUT2D eigenvalue weighted by Gasteiger charge is 2.32. The summed E-state index contributed by atoms with van der Waals surface area (Å²) in [7, 11) is 2.06. The Morgan fingerprint density at radius 1 is 1.35 bits per heavy atom. The number of carbonyl (C=O) groups excluding carboxylic acids is 1. The number of nitrogens with one attached hydrogen (secondary N) is 1. The second kappa shape index (κ2) is 5.42. The van der Waals surface area contributed by atoms with E-state index < -0.39 is 6.10 Å². The lowest BCUT2D eigenvalue weighted by molar-refractivity contribution is -0.133. The average molecular weight is 275 g/mol. The molecule has 0 spiro atoms. The van der Waals surface area contributed by atoms with E-state index in [4.69, 9.17) is 0 Å².